The van der Waals surface area contributed by atoms with Gasteiger partial charge in [-0.25, -0.2) is 0 Å². The van der Waals surface area contributed by atoms with E-state index in [9.17, 15) is 4.79 Å². The molecule has 4 unspecified atom stereocenters. The molecule has 0 aromatic rings. The van der Waals surface area contributed by atoms with E-state index in [0.717, 1.165) is 6.42 Å². The van der Waals surface area contributed by atoms with Crippen molar-refractivity contribution in [2.75, 3.05) is 13.7 Å². The van der Waals surface area contributed by atoms with Crippen molar-refractivity contribution in [3.05, 3.63) is 0 Å². The number of ether oxygens (including phenoxy) is 1. The van der Waals surface area contributed by atoms with Crippen molar-refractivity contribution in [3.63, 3.8) is 0 Å². The molecule has 1 saturated carbocycles. The summed E-state index contributed by atoms with van der Waals surface area (Å²) < 4.78 is 5.90. The highest BCUT2D eigenvalue weighted by Gasteiger charge is 2.32. The van der Waals surface area contributed by atoms with Crippen LogP contribution in [0.2, 0.25) is 0 Å². The van der Waals surface area contributed by atoms with Crippen LogP contribution in [0.1, 0.15) is 40.0 Å². The lowest BCUT2D eigenvalue weighted by atomic mass is 9.75. The van der Waals surface area contributed by atoms with Gasteiger partial charge in [-0.2, -0.15) is 0 Å². The monoisotopic (exact) mass is 257 g/mol. The van der Waals surface area contributed by atoms with E-state index in [2.05, 4.69) is 26.1 Å². The zero-order chi connectivity index (χ0) is 13.7. The van der Waals surface area contributed by atoms with Crippen molar-refractivity contribution in [1.29, 1.82) is 0 Å². The van der Waals surface area contributed by atoms with Gasteiger partial charge in [0.05, 0.1) is 12.7 Å². The highest BCUT2D eigenvalue weighted by Crippen LogP contribution is 2.35. The molecule has 0 aromatic carbocycles. The number of likely N-dealkylation sites (N-methyl/N-ethyl adjacent to an activating group) is 1. The van der Waals surface area contributed by atoms with Crippen molar-refractivity contribution in [3.8, 4) is 0 Å². The SMILES string of the molecule is CNC(COC1CC(C)CCC1C(C)C)C(=O)O. The molecule has 0 spiro atoms. The Kier molecular flexibility index (Phi) is 6.09. The van der Waals surface area contributed by atoms with Crippen LogP contribution in [0.3, 0.4) is 0 Å². The number of nitrogens with one attached hydrogen (secondary N) is 1. The molecule has 2 N–H and O–H groups in total. The molecule has 106 valence electrons. The number of carboxylic acid groups (broad SMARTS) is 1. The summed E-state index contributed by atoms with van der Waals surface area (Å²) in [5, 5.41) is 11.8. The number of carbonyl (C=O) groups is 1. The third kappa shape index (κ3) is 4.25. The average molecular weight is 257 g/mol. The molecular formula is C14H27NO3. The summed E-state index contributed by atoms with van der Waals surface area (Å²) in [6, 6.07) is -0.602. The molecule has 0 radical (unpaired) electrons. The van der Waals surface area contributed by atoms with Gasteiger partial charge in [0.1, 0.15) is 6.04 Å². The molecule has 1 rings (SSSR count). The Morgan fingerprint density at radius 2 is 2.11 bits per heavy atom. The van der Waals surface area contributed by atoms with Crippen molar-refractivity contribution in [1.82, 2.24) is 5.32 Å². The van der Waals surface area contributed by atoms with Gasteiger partial charge in [0.25, 0.3) is 0 Å². The van der Waals surface area contributed by atoms with E-state index in [-0.39, 0.29) is 12.7 Å². The summed E-state index contributed by atoms with van der Waals surface area (Å²) in [7, 11) is 1.66. The fourth-order valence-electron chi connectivity index (χ4n) is 2.80. The molecule has 0 aromatic heterocycles. The highest BCUT2D eigenvalue weighted by molar-refractivity contribution is 5.73. The summed E-state index contributed by atoms with van der Waals surface area (Å²) in [6.07, 6.45) is 3.72. The molecular weight excluding hydrogens is 230 g/mol. The van der Waals surface area contributed by atoms with Gasteiger partial charge in [-0.15, -0.1) is 0 Å². The summed E-state index contributed by atoms with van der Waals surface area (Å²) in [5.74, 6) is 0.998. The lowest BCUT2D eigenvalue weighted by Gasteiger charge is -2.37. The van der Waals surface area contributed by atoms with Crippen LogP contribution in [0, 0.1) is 17.8 Å². The predicted octanol–water partition coefficient (Wildman–Crippen LogP) is 2.14. The van der Waals surface area contributed by atoms with E-state index in [1.54, 1.807) is 7.05 Å². The number of aliphatic carboxylic acids is 1. The van der Waals surface area contributed by atoms with Crippen LogP contribution in [-0.4, -0.2) is 36.9 Å². The zero-order valence-corrected chi connectivity index (χ0v) is 12.0. The quantitative estimate of drug-likeness (QED) is 0.765. The molecule has 0 bridgehead atoms. The zero-order valence-electron chi connectivity index (χ0n) is 12.0. The third-order valence-corrected chi connectivity index (χ3v) is 4.08. The van der Waals surface area contributed by atoms with E-state index in [4.69, 9.17) is 9.84 Å². The van der Waals surface area contributed by atoms with Gasteiger partial charge < -0.3 is 15.2 Å². The maximum atomic E-state index is 10.9. The maximum absolute atomic E-state index is 10.9. The number of hydrogen-bond donors (Lipinski definition) is 2. The molecule has 0 saturated heterocycles. The van der Waals surface area contributed by atoms with Gasteiger partial charge >= 0.3 is 5.97 Å². The largest absolute Gasteiger partial charge is 0.480 e. The molecule has 1 fully saturated rings. The first-order valence-corrected chi connectivity index (χ1v) is 6.97. The van der Waals surface area contributed by atoms with E-state index in [1.807, 2.05) is 0 Å². The van der Waals surface area contributed by atoms with Crippen molar-refractivity contribution in [2.24, 2.45) is 17.8 Å². The summed E-state index contributed by atoms with van der Waals surface area (Å²) >= 11 is 0. The Labute approximate surface area is 110 Å². The Bertz CT molecular complexity index is 268. The number of hydrogen-bond acceptors (Lipinski definition) is 3. The minimum absolute atomic E-state index is 0.212. The standard InChI is InChI=1S/C14H27NO3/c1-9(2)11-6-5-10(3)7-13(11)18-8-12(15-4)14(16)17/h9-13,15H,5-8H2,1-4H3,(H,16,17). The Morgan fingerprint density at radius 1 is 1.44 bits per heavy atom. The second kappa shape index (κ2) is 7.10. The molecule has 0 aliphatic heterocycles. The van der Waals surface area contributed by atoms with Crippen LogP contribution in [-0.2, 0) is 9.53 Å². The smallest absolute Gasteiger partial charge is 0.323 e. The minimum Gasteiger partial charge on any atom is -0.480 e. The fraction of sp³-hybridized carbons (Fsp3) is 0.929. The second-order valence-corrected chi connectivity index (χ2v) is 5.88. The second-order valence-electron chi connectivity index (χ2n) is 5.88. The average Bonchev–Trinajstić information content (AvgIpc) is 2.29. The van der Waals surface area contributed by atoms with Gasteiger partial charge in [0.15, 0.2) is 0 Å². The van der Waals surface area contributed by atoms with Crippen molar-refractivity contribution < 1.29 is 14.6 Å². The van der Waals surface area contributed by atoms with Crippen LogP contribution < -0.4 is 5.32 Å². The number of rotatable bonds is 6. The normalized spacial score (nSPS) is 30.4. The first kappa shape index (κ1) is 15.4. The molecule has 1 aliphatic carbocycles. The van der Waals surface area contributed by atoms with Gasteiger partial charge in [-0.3, -0.25) is 4.79 Å². The third-order valence-electron chi connectivity index (χ3n) is 4.08. The summed E-state index contributed by atoms with van der Waals surface area (Å²) in [6.45, 7) is 6.96. The van der Waals surface area contributed by atoms with Crippen LogP contribution >= 0.6 is 0 Å². The Hall–Kier alpha value is -0.610. The maximum Gasteiger partial charge on any atom is 0.323 e. The Morgan fingerprint density at radius 3 is 2.61 bits per heavy atom. The molecule has 0 amide bonds. The number of carboxylic acids is 1. The van der Waals surface area contributed by atoms with E-state index in [1.165, 1.54) is 12.8 Å². The van der Waals surface area contributed by atoms with Crippen LogP contribution in [0.4, 0.5) is 0 Å². The van der Waals surface area contributed by atoms with Gasteiger partial charge in [0.2, 0.25) is 0 Å². The van der Waals surface area contributed by atoms with E-state index >= 15 is 0 Å². The van der Waals surface area contributed by atoms with Gasteiger partial charge in [0, 0.05) is 0 Å². The van der Waals surface area contributed by atoms with E-state index < -0.39 is 12.0 Å². The molecule has 1 aliphatic rings. The van der Waals surface area contributed by atoms with Gasteiger partial charge in [-0.05, 0) is 37.6 Å². The summed E-state index contributed by atoms with van der Waals surface area (Å²) in [4.78, 5) is 10.9. The van der Waals surface area contributed by atoms with E-state index in [0.29, 0.717) is 17.8 Å². The van der Waals surface area contributed by atoms with Crippen molar-refractivity contribution >= 4 is 5.97 Å². The van der Waals surface area contributed by atoms with Gasteiger partial charge in [-0.1, -0.05) is 27.2 Å². The molecule has 18 heavy (non-hydrogen) atoms. The van der Waals surface area contributed by atoms with Crippen LogP contribution in [0.5, 0.6) is 0 Å². The lowest BCUT2D eigenvalue weighted by molar-refractivity contribution is -0.142. The van der Waals surface area contributed by atoms with Crippen LogP contribution in [0.15, 0.2) is 0 Å². The Balaban J connectivity index is 2.52. The highest BCUT2D eigenvalue weighted by atomic mass is 16.5. The molecule has 4 atom stereocenters. The lowest BCUT2D eigenvalue weighted by Crippen LogP contribution is -2.42. The minimum atomic E-state index is -0.845. The predicted molar refractivity (Wildman–Crippen MR) is 71.6 cm³/mol. The fourth-order valence-corrected chi connectivity index (χ4v) is 2.80. The van der Waals surface area contributed by atoms with Crippen molar-refractivity contribution in [2.45, 2.75) is 52.2 Å². The molecule has 4 nitrogen and oxygen atoms in total. The topological polar surface area (TPSA) is 58.6 Å². The van der Waals surface area contributed by atoms with Crippen LogP contribution in [0.25, 0.3) is 0 Å². The first-order valence-electron chi connectivity index (χ1n) is 6.97. The summed E-state index contributed by atoms with van der Waals surface area (Å²) in [5.41, 5.74) is 0. The molecule has 0 heterocycles. The molecule has 4 heteroatoms. The first-order chi connectivity index (χ1) is 8.45.